The van der Waals surface area contributed by atoms with Crippen LogP contribution >= 0.6 is 0 Å². The first-order valence-corrected chi connectivity index (χ1v) is 11.9. The van der Waals surface area contributed by atoms with Crippen LogP contribution < -0.4 is 4.90 Å². The van der Waals surface area contributed by atoms with Crippen LogP contribution in [0.2, 0.25) is 0 Å². The summed E-state index contributed by atoms with van der Waals surface area (Å²) in [5.74, 6) is 6.31. The van der Waals surface area contributed by atoms with Crippen molar-refractivity contribution in [1.82, 2.24) is 9.80 Å². The van der Waals surface area contributed by atoms with Gasteiger partial charge in [-0.2, -0.15) is 0 Å². The van der Waals surface area contributed by atoms with Gasteiger partial charge in [0.05, 0.1) is 38.4 Å². The van der Waals surface area contributed by atoms with E-state index in [0.29, 0.717) is 26.3 Å². The number of carbonyl (C=O) groups excluding carboxylic acids is 1. The lowest BCUT2D eigenvalue weighted by atomic mass is 9.81. The van der Waals surface area contributed by atoms with Crippen LogP contribution in [0.25, 0.3) is 0 Å². The van der Waals surface area contributed by atoms with Crippen molar-refractivity contribution in [1.29, 1.82) is 0 Å². The van der Waals surface area contributed by atoms with Crippen LogP contribution in [-0.2, 0) is 9.53 Å². The van der Waals surface area contributed by atoms with E-state index in [1.165, 1.54) is 12.1 Å². The summed E-state index contributed by atoms with van der Waals surface area (Å²) in [5.41, 5.74) is 3.71. The zero-order chi connectivity index (χ0) is 23.7. The molecule has 0 aliphatic carbocycles. The number of halogens is 1. The van der Waals surface area contributed by atoms with Crippen molar-refractivity contribution < 1.29 is 19.0 Å². The molecule has 3 aliphatic heterocycles. The fourth-order valence-electron chi connectivity index (χ4n) is 5.53. The largest absolute Gasteiger partial charge is 0.394 e. The van der Waals surface area contributed by atoms with Crippen molar-refractivity contribution >= 4 is 11.6 Å². The standard InChI is InChI=1S/C27H30FN3O3/c1-29-24-9-6-20(3-2-19-4-7-21(28)8-5-19)16-23(24)27-22(25(29)18-32)10-11-31(27)26(33)17-30-12-14-34-15-13-30/h4-9,16,22,25,27,32H,10-15,17-18H2,1H3/t22-,25+,27-/m0/s1. The highest BCUT2D eigenvalue weighted by Gasteiger charge is 2.47. The van der Waals surface area contributed by atoms with E-state index in [2.05, 4.69) is 27.7 Å². The van der Waals surface area contributed by atoms with Gasteiger partial charge in [-0.15, -0.1) is 0 Å². The lowest BCUT2D eigenvalue weighted by Gasteiger charge is -2.44. The monoisotopic (exact) mass is 463 g/mol. The van der Waals surface area contributed by atoms with Gasteiger partial charge in [-0.3, -0.25) is 9.69 Å². The molecule has 2 aromatic rings. The molecule has 2 aromatic carbocycles. The Morgan fingerprint density at radius 1 is 1.09 bits per heavy atom. The first kappa shape index (κ1) is 22.9. The third-order valence-corrected chi connectivity index (χ3v) is 7.33. The van der Waals surface area contributed by atoms with Crippen LogP contribution in [-0.4, -0.2) is 79.9 Å². The summed E-state index contributed by atoms with van der Waals surface area (Å²) in [5, 5.41) is 10.2. The molecule has 1 amide bonds. The van der Waals surface area contributed by atoms with Crippen LogP contribution in [0.5, 0.6) is 0 Å². The summed E-state index contributed by atoms with van der Waals surface area (Å²) in [6, 6.07) is 12.1. The predicted octanol–water partition coefficient (Wildman–Crippen LogP) is 2.26. The van der Waals surface area contributed by atoms with Crippen molar-refractivity contribution in [3.05, 3.63) is 65.0 Å². The zero-order valence-electron chi connectivity index (χ0n) is 19.4. The number of aliphatic hydroxyl groups excluding tert-OH is 1. The minimum Gasteiger partial charge on any atom is -0.394 e. The van der Waals surface area contributed by atoms with Gasteiger partial charge < -0.3 is 19.6 Å². The van der Waals surface area contributed by atoms with E-state index in [9.17, 15) is 14.3 Å². The number of rotatable bonds is 3. The van der Waals surface area contributed by atoms with Gasteiger partial charge in [0.1, 0.15) is 5.82 Å². The first-order valence-electron chi connectivity index (χ1n) is 11.9. The van der Waals surface area contributed by atoms with E-state index in [1.54, 1.807) is 12.1 Å². The lowest BCUT2D eigenvalue weighted by Crippen LogP contribution is -2.50. The quantitative estimate of drug-likeness (QED) is 0.708. The highest BCUT2D eigenvalue weighted by molar-refractivity contribution is 5.80. The molecule has 1 N–H and O–H groups in total. The molecule has 3 atom stereocenters. The lowest BCUT2D eigenvalue weighted by molar-refractivity contribution is -0.135. The van der Waals surface area contributed by atoms with Crippen molar-refractivity contribution in [3.63, 3.8) is 0 Å². The molecule has 5 rings (SSSR count). The van der Waals surface area contributed by atoms with Crippen molar-refractivity contribution in [3.8, 4) is 11.8 Å². The molecular weight excluding hydrogens is 433 g/mol. The molecule has 0 saturated carbocycles. The molecule has 0 unspecified atom stereocenters. The SMILES string of the molecule is CN1c2ccc(C#Cc3ccc(F)cc3)cc2[C@@H]2[C@@H](CCN2C(=O)CN2CCOCC2)[C@H]1CO. The molecule has 3 aliphatic rings. The number of likely N-dealkylation sites (N-methyl/N-ethyl adjacent to an activating group) is 1. The normalized spacial score (nSPS) is 24.3. The number of fused-ring (bicyclic) bond motifs is 3. The van der Waals surface area contributed by atoms with E-state index in [4.69, 9.17) is 4.74 Å². The fourth-order valence-corrected chi connectivity index (χ4v) is 5.53. The van der Waals surface area contributed by atoms with Crippen LogP contribution in [0.1, 0.15) is 29.2 Å². The van der Waals surface area contributed by atoms with Crippen molar-refractivity contribution in [2.75, 3.05) is 57.9 Å². The third kappa shape index (κ3) is 4.41. The number of benzene rings is 2. The second-order valence-corrected chi connectivity index (χ2v) is 9.26. The Balaban J connectivity index is 1.45. The Bertz CT molecular complexity index is 1100. The van der Waals surface area contributed by atoms with Crippen LogP contribution in [0.15, 0.2) is 42.5 Å². The number of likely N-dealkylation sites (tertiary alicyclic amines) is 1. The minimum atomic E-state index is -0.282. The number of amides is 1. The summed E-state index contributed by atoms with van der Waals surface area (Å²) in [6.45, 7) is 4.00. The zero-order valence-corrected chi connectivity index (χ0v) is 19.4. The molecule has 3 heterocycles. The summed E-state index contributed by atoms with van der Waals surface area (Å²) in [7, 11) is 2.01. The summed E-state index contributed by atoms with van der Waals surface area (Å²) in [6.07, 6.45) is 0.861. The first-order chi connectivity index (χ1) is 16.5. The molecule has 2 fully saturated rings. The minimum absolute atomic E-state index is 0.0326. The summed E-state index contributed by atoms with van der Waals surface area (Å²) >= 11 is 0. The fraction of sp³-hybridized carbons (Fsp3) is 0.444. The number of hydrogen-bond acceptors (Lipinski definition) is 5. The highest BCUT2D eigenvalue weighted by atomic mass is 19.1. The second-order valence-electron chi connectivity index (χ2n) is 9.26. The van der Waals surface area contributed by atoms with Crippen molar-refractivity contribution in [2.24, 2.45) is 5.92 Å². The van der Waals surface area contributed by atoms with E-state index in [1.807, 2.05) is 24.1 Å². The van der Waals surface area contributed by atoms with Gasteiger partial charge in [0, 0.05) is 49.4 Å². The Kier molecular flexibility index (Phi) is 6.55. The maximum Gasteiger partial charge on any atom is 0.237 e. The molecule has 0 aromatic heterocycles. The molecule has 0 bridgehead atoms. The van der Waals surface area contributed by atoms with Crippen LogP contribution in [0, 0.1) is 23.6 Å². The van der Waals surface area contributed by atoms with Gasteiger partial charge in [0.15, 0.2) is 0 Å². The van der Waals surface area contributed by atoms with E-state index in [-0.39, 0.29) is 36.3 Å². The number of hydrogen-bond donors (Lipinski definition) is 1. The smallest absolute Gasteiger partial charge is 0.237 e. The second kappa shape index (κ2) is 9.75. The molecule has 0 spiro atoms. The Labute approximate surface area is 199 Å². The third-order valence-electron chi connectivity index (χ3n) is 7.33. The molecule has 0 radical (unpaired) electrons. The number of morpholine rings is 1. The number of ether oxygens (including phenoxy) is 1. The van der Waals surface area contributed by atoms with E-state index in [0.717, 1.165) is 41.9 Å². The van der Waals surface area contributed by atoms with Gasteiger partial charge in [-0.1, -0.05) is 11.8 Å². The van der Waals surface area contributed by atoms with Gasteiger partial charge in [-0.25, -0.2) is 4.39 Å². The number of aliphatic hydroxyl groups is 1. The molecular formula is C27H30FN3O3. The average Bonchev–Trinajstić information content (AvgIpc) is 3.30. The maximum absolute atomic E-state index is 13.4. The maximum atomic E-state index is 13.4. The Morgan fingerprint density at radius 2 is 1.79 bits per heavy atom. The Morgan fingerprint density at radius 3 is 2.53 bits per heavy atom. The van der Waals surface area contributed by atoms with Gasteiger partial charge >= 0.3 is 0 Å². The number of nitrogens with zero attached hydrogens (tertiary/aromatic N) is 3. The molecule has 7 heteroatoms. The van der Waals surface area contributed by atoms with Crippen LogP contribution in [0.4, 0.5) is 10.1 Å². The Hall–Kier alpha value is -2.92. The average molecular weight is 464 g/mol. The molecule has 6 nitrogen and oxygen atoms in total. The molecule has 34 heavy (non-hydrogen) atoms. The summed E-state index contributed by atoms with van der Waals surface area (Å²) < 4.78 is 18.6. The number of carbonyl (C=O) groups is 1. The highest BCUT2D eigenvalue weighted by Crippen LogP contribution is 2.48. The van der Waals surface area contributed by atoms with E-state index < -0.39 is 0 Å². The van der Waals surface area contributed by atoms with Crippen molar-refractivity contribution in [2.45, 2.75) is 18.5 Å². The predicted molar refractivity (Wildman–Crippen MR) is 128 cm³/mol. The van der Waals surface area contributed by atoms with Gasteiger partial charge in [0.25, 0.3) is 0 Å². The number of anilines is 1. The van der Waals surface area contributed by atoms with Gasteiger partial charge in [0.2, 0.25) is 5.91 Å². The van der Waals surface area contributed by atoms with Crippen LogP contribution in [0.3, 0.4) is 0 Å². The van der Waals surface area contributed by atoms with E-state index >= 15 is 0 Å². The molecule has 178 valence electrons. The summed E-state index contributed by atoms with van der Waals surface area (Å²) in [4.78, 5) is 19.7. The topological polar surface area (TPSA) is 56.2 Å². The van der Waals surface area contributed by atoms with Gasteiger partial charge in [-0.05, 0) is 54.4 Å². The molecule has 2 saturated heterocycles.